The van der Waals surface area contributed by atoms with Crippen molar-refractivity contribution in [3.05, 3.63) is 11.6 Å². The molecule has 0 amide bonds. The maximum atomic E-state index is 11.9. The fraction of sp³-hybridized carbons (Fsp3) is 0.647. The standard InChI is InChI=1S/C17H24O4/c1-9-6-14(15(11(3)19)7-10(2)18)8-16(12(4)20)17(9)13(5)21/h6,14-17H,7-8H2,1-5H3. The van der Waals surface area contributed by atoms with E-state index >= 15 is 0 Å². The Hall–Kier alpha value is -1.58. The second-order valence-corrected chi connectivity index (χ2v) is 6.24. The first-order valence-electron chi connectivity index (χ1n) is 7.34. The molecule has 0 aromatic rings. The van der Waals surface area contributed by atoms with Crippen molar-refractivity contribution in [1.29, 1.82) is 0 Å². The minimum absolute atomic E-state index is 0.0201. The first-order chi connectivity index (χ1) is 9.65. The van der Waals surface area contributed by atoms with Crippen LogP contribution in [-0.2, 0) is 19.2 Å². The normalized spacial score (nSPS) is 26.7. The molecule has 0 aliphatic heterocycles. The lowest BCUT2D eigenvalue weighted by Crippen LogP contribution is -2.37. The summed E-state index contributed by atoms with van der Waals surface area (Å²) in [5.41, 5.74) is 0.841. The van der Waals surface area contributed by atoms with Gasteiger partial charge in [0.2, 0.25) is 0 Å². The van der Waals surface area contributed by atoms with Crippen LogP contribution in [0.2, 0.25) is 0 Å². The third kappa shape index (κ3) is 4.19. The topological polar surface area (TPSA) is 68.3 Å². The van der Waals surface area contributed by atoms with Gasteiger partial charge in [-0.3, -0.25) is 14.4 Å². The summed E-state index contributed by atoms with van der Waals surface area (Å²) in [5.74, 6) is -1.43. The molecule has 1 aliphatic rings. The lowest BCUT2D eigenvalue weighted by Gasteiger charge is -2.35. The van der Waals surface area contributed by atoms with E-state index in [9.17, 15) is 19.2 Å². The monoisotopic (exact) mass is 292 g/mol. The van der Waals surface area contributed by atoms with Crippen molar-refractivity contribution in [2.24, 2.45) is 23.7 Å². The van der Waals surface area contributed by atoms with Gasteiger partial charge in [-0.1, -0.05) is 11.6 Å². The third-order valence-electron chi connectivity index (χ3n) is 4.40. The Morgan fingerprint density at radius 3 is 2.05 bits per heavy atom. The fourth-order valence-electron chi connectivity index (χ4n) is 3.45. The first-order valence-corrected chi connectivity index (χ1v) is 7.34. The van der Waals surface area contributed by atoms with Gasteiger partial charge in [-0.25, -0.2) is 0 Å². The van der Waals surface area contributed by atoms with E-state index in [0.717, 1.165) is 5.57 Å². The van der Waals surface area contributed by atoms with Gasteiger partial charge in [-0.05, 0) is 47.0 Å². The molecule has 0 bridgehead atoms. The predicted octanol–water partition coefficient (Wildman–Crippen LogP) is 2.55. The summed E-state index contributed by atoms with van der Waals surface area (Å²) in [4.78, 5) is 46.9. The van der Waals surface area contributed by atoms with E-state index in [1.165, 1.54) is 27.7 Å². The minimum atomic E-state index is -0.396. The molecular formula is C17H24O4. The van der Waals surface area contributed by atoms with Crippen molar-refractivity contribution >= 4 is 23.1 Å². The van der Waals surface area contributed by atoms with Gasteiger partial charge in [0.25, 0.3) is 0 Å². The highest BCUT2D eigenvalue weighted by molar-refractivity contribution is 5.90. The zero-order valence-corrected chi connectivity index (χ0v) is 13.4. The highest BCUT2D eigenvalue weighted by Gasteiger charge is 2.39. The molecule has 1 aliphatic carbocycles. The Bertz CT molecular complexity index is 501. The van der Waals surface area contributed by atoms with Crippen LogP contribution in [0.5, 0.6) is 0 Å². The van der Waals surface area contributed by atoms with Crippen LogP contribution in [0.1, 0.15) is 47.5 Å². The molecule has 1 rings (SSSR count). The SMILES string of the molecule is CC(=O)CC(C(C)=O)C1C=C(C)C(C(C)=O)C(C(C)=O)C1. The Balaban J connectivity index is 3.15. The molecule has 0 fully saturated rings. The van der Waals surface area contributed by atoms with Crippen LogP contribution < -0.4 is 0 Å². The van der Waals surface area contributed by atoms with Gasteiger partial charge in [-0.15, -0.1) is 0 Å². The number of hydrogen-bond acceptors (Lipinski definition) is 4. The van der Waals surface area contributed by atoms with Gasteiger partial charge >= 0.3 is 0 Å². The van der Waals surface area contributed by atoms with E-state index in [4.69, 9.17) is 0 Å². The van der Waals surface area contributed by atoms with E-state index in [-0.39, 0.29) is 47.3 Å². The second kappa shape index (κ2) is 6.92. The average Bonchev–Trinajstić information content (AvgIpc) is 2.33. The summed E-state index contributed by atoms with van der Waals surface area (Å²) in [6.07, 6.45) is 2.58. The van der Waals surface area contributed by atoms with E-state index in [2.05, 4.69) is 0 Å². The van der Waals surface area contributed by atoms with Crippen molar-refractivity contribution in [1.82, 2.24) is 0 Å². The third-order valence-corrected chi connectivity index (χ3v) is 4.40. The molecule has 4 atom stereocenters. The number of rotatable bonds is 6. The van der Waals surface area contributed by atoms with Crippen LogP contribution >= 0.6 is 0 Å². The molecule has 0 saturated heterocycles. The zero-order chi connectivity index (χ0) is 16.3. The van der Waals surface area contributed by atoms with Crippen molar-refractivity contribution < 1.29 is 19.2 Å². The van der Waals surface area contributed by atoms with Gasteiger partial charge in [0.15, 0.2) is 0 Å². The molecule has 0 radical (unpaired) electrons. The van der Waals surface area contributed by atoms with Crippen LogP contribution in [0.3, 0.4) is 0 Å². The predicted molar refractivity (Wildman–Crippen MR) is 79.7 cm³/mol. The maximum absolute atomic E-state index is 11.9. The van der Waals surface area contributed by atoms with Crippen molar-refractivity contribution in [3.63, 3.8) is 0 Å². The lowest BCUT2D eigenvalue weighted by atomic mass is 9.67. The molecule has 4 heteroatoms. The molecule has 4 nitrogen and oxygen atoms in total. The Labute approximate surface area is 126 Å². The van der Waals surface area contributed by atoms with E-state index in [0.29, 0.717) is 6.42 Å². The number of hydrogen-bond donors (Lipinski definition) is 0. The Morgan fingerprint density at radius 1 is 1.10 bits per heavy atom. The first kappa shape index (κ1) is 17.5. The van der Waals surface area contributed by atoms with Crippen LogP contribution in [-0.4, -0.2) is 23.1 Å². The van der Waals surface area contributed by atoms with E-state index < -0.39 is 5.92 Å². The van der Waals surface area contributed by atoms with Gasteiger partial charge in [-0.2, -0.15) is 0 Å². The second-order valence-electron chi connectivity index (χ2n) is 6.24. The minimum Gasteiger partial charge on any atom is -0.300 e. The van der Waals surface area contributed by atoms with Crippen LogP contribution in [0.25, 0.3) is 0 Å². The highest BCUT2D eigenvalue weighted by Crippen LogP contribution is 2.39. The smallest absolute Gasteiger partial charge is 0.137 e. The van der Waals surface area contributed by atoms with Gasteiger partial charge in [0.1, 0.15) is 23.1 Å². The quantitative estimate of drug-likeness (QED) is 0.705. The summed E-state index contributed by atoms with van der Waals surface area (Å²) in [6, 6.07) is 0. The average molecular weight is 292 g/mol. The van der Waals surface area contributed by atoms with E-state index in [1.54, 1.807) is 0 Å². The Morgan fingerprint density at radius 2 is 1.67 bits per heavy atom. The summed E-state index contributed by atoms with van der Waals surface area (Å²) in [7, 11) is 0. The molecule has 0 N–H and O–H groups in total. The lowest BCUT2D eigenvalue weighted by molar-refractivity contribution is -0.131. The highest BCUT2D eigenvalue weighted by atomic mass is 16.1. The number of allylic oxidation sites excluding steroid dienone is 2. The van der Waals surface area contributed by atoms with Gasteiger partial charge in [0.05, 0.1) is 0 Å². The molecule has 4 unspecified atom stereocenters. The number of ketones is 4. The van der Waals surface area contributed by atoms with Crippen LogP contribution in [0, 0.1) is 23.7 Å². The molecule has 0 aromatic heterocycles. The number of Topliss-reactive ketones (excluding diaryl/α,β-unsaturated/α-hetero) is 4. The summed E-state index contributed by atoms with van der Waals surface area (Å²) >= 11 is 0. The summed E-state index contributed by atoms with van der Waals surface area (Å²) in [5, 5.41) is 0. The number of carbonyl (C=O) groups is 4. The largest absolute Gasteiger partial charge is 0.300 e. The fourth-order valence-corrected chi connectivity index (χ4v) is 3.45. The van der Waals surface area contributed by atoms with Crippen molar-refractivity contribution in [3.8, 4) is 0 Å². The molecule has 0 spiro atoms. The maximum Gasteiger partial charge on any atom is 0.137 e. The molecule has 0 saturated carbocycles. The van der Waals surface area contributed by atoms with E-state index in [1.807, 2.05) is 13.0 Å². The molecule has 116 valence electrons. The number of carbonyl (C=O) groups excluding carboxylic acids is 4. The molecule has 21 heavy (non-hydrogen) atoms. The molecular weight excluding hydrogens is 268 g/mol. The van der Waals surface area contributed by atoms with Crippen molar-refractivity contribution in [2.75, 3.05) is 0 Å². The zero-order valence-electron chi connectivity index (χ0n) is 13.4. The van der Waals surface area contributed by atoms with Crippen LogP contribution in [0.4, 0.5) is 0 Å². The summed E-state index contributed by atoms with van der Waals surface area (Å²) in [6.45, 7) is 7.77. The molecule has 0 heterocycles. The summed E-state index contributed by atoms with van der Waals surface area (Å²) < 4.78 is 0. The van der Waals surface area contributed by atoms with Gasteiger partial charge < -0.3 is 4.79 Å². The Kier molecular flexibility index (Phi) is 5.76. The molecule has 0 aromatic carbocycles. The van der Waals surface area contributed by atoms with Crippen molar-refractivity contribution in [2.45, 2.75) is 47.5 Å². The van der Waals surface area contributed by atoms with Gasteiger partial charge in [0, 0.05) is 24.2 Å². The van der Waals surface area contributed by atoms with Crippen LogP contribution in [0.15, 0.2) is 11.6 Å².